The Morgan fingerprint density at radius 3 is 2.68 bits per heavy atom. The molecule has 0 bridgehead atoms. The Morgan fingerprint density at radius 2 is 1.89 bits per heavy atom. The van der Waals surface area contributed by atoms with Crippen LogP contribution in [0.1, 0.15) is 44.3 Å². The third kappa shape index (κ3) is 4.11. The Hall–Kier alpha value is -1.85. The van der Waals surface area contributed by atoms with Crippen molar-refractivity contribution >= 4 is 16.9 Å². The first-order chi connectivity index (χ1) is 13.7. The molecule has 1 N–H and O–H groups in total. The number of furan rings is 1. The van der Waals surface area contributed by atoms with Crippen LogP contribution < -0.4 is 5.32 Å². The van der Waals surface area contributed by atoms with Gasteiger partial charge in [0.05, 0.1) is 12.5 Å². The lowest BCUT2D eigenvalue weighted by atomic mass is 9.93. The summed E-state index contributed by atoms with van der Waals surface area (Å²) in [5.41, 5.74) is 0.983. The van der Waals surface area contributed by atoms with E-state index < -0.39 is 0 Å². The number of carbonyl (C=O) groups excluding carboxylic acids is 1. The van der Waals surface area contributed by atoms with E-state index in [9.17, 15) is 4.79 Å². The molecule has 5 heteroatoms. The molecule has 3 aliphatic rings. The van der Waals surface area contributed by atoms with Gasteiger partial charge in [-0.05, 0) is 57.2 Å². The Morgan fingerprint density at radius 1 is 1.07 bits per heavy atom. The van der Waals surface area contributed by atoms with Crippen LogP contribution >= 0.6 is 0 Å². The molecule has 1 atom stereocenters. The Labute approximate surface area is 167 Å². The molecule has 3 fully saturated rings. The van der Waals surface area contributed by atoms with Gasteiger partial charge in [-0.1, -0.05) is 18.2 Å². The van der Waals surface area contributed by atoms with Crippen LogP contribution in [0.25, 0.3) is 11.0 Å². The molecule has 0 radical (unpaired) electrons. The summed E-state index contributed by atoms with van der Waals surface area (Å²) in [6.45, 7) is 5.22. The third-order valence-corrected chi connectivity index (χ3v) is 6.68. The standard InChI is InChI=1S/C23H31N3O2/c27-23(24-19-7-8-19)18-5-3-11-26(15-18)20-9-12-25(13-10-20)16-21-14-17-4-1-2-6-22(17)28-21/h1-2,4,6,14,18-20H,3,5,7-13,15-16H2,(H,24,27)/t18-/m0/s1. The topological polar surface area (TPSA) is 48.7 Å². The molecule has 2 aromatic rings. The van der Waals surface area contributed by atoms with Crippen molar-refractivity contribution in [1.29, 1.82) is 0 Å². The fraction of sp³-hybridized carbons (Fsp3) is 0.609. The zero-order valence-corrected chi connectivity index (χ0v) is 16.6. The molecule has 28 heavy (non-hydrogen) atoms. The van der Waals surface area contributed by atoms with E-state index in [-0.39, 0.29) is 5.92 Å². The SMILES string of the molecule is O=C(NC1CC1)[C@H]1CCCN(C2CCN(Cc3cc4ccccc4o3)CC2)C1. The van der Waals surface area contributed by atoms with Crippen LogP contribution in [-0.2, 0) is 11.3 Å². The molecule has 3 heterocycles. The second kappa shape index (κ2) is 7.88. The van der Waals surface area contributed by atoms with Gasteiger partial charge in [0, 0.05) is 37.1 Å². The number of hydrogen-bond acceptors (Lipinski definition) is 4. The molecular weight excluding hydrogens is 350 g/mol. The number of benzene rings is 1. The van der Waals surface area contributed by atoms with E-state index in [1.165, 1.54) is 31.1 Å². The number of amides is 1. The number of piperidine rings is 2. The van der Waals surface area contributed by atoms with Crippen LogP contribution in [0, 0.1) is 5.92 Å². The Bertz CT molecular complexity index is 787. The first-order valence-electron chi connectivity index (χ1n) is 11.0. The van der Waals surface area contributed by atoms with Gasteiger partial charge in [-0.2, -0.15) is 0 Å². The molecule has 1 amide bonds. The van der Waals surface area contributed by atoms with E-state index in [2.05, 4.69) is 33.3 Å². The van der Waals surface area contributed by atoms with Crippen molar-refractivity contribution in [1.82, 2.24) is 15.1 Å². The fourth-order valence-corrected chi connectivity index (χ4v) is 4.88. The van der Waals surface area contributed by atoms with Gasteiger partial charge >= 0.3 is 0 Å². The monoisotopic (exact) mass is 381 g/mol. The minimum Gasteiger partial charge on any atom is -0.460 e. The fourth-order valence-electron chi connectivity index (χ4n) is 4.88. The second-order valence-electron chi connectivity index (χ2n) is 8.87. The zero-order valence-electron chi connectivity index (χ0n) is 16.6. The van der Waals surface area contributed by atoms with Gasteiger partial charge < -0.3 is 9.73 Å². The van der Waals surface area contributed by atoms with E-state index >= 15 is 0 Å². The molecule has 5 nitrogen and oxygen atoms in total. The first-order valence-corrected chi connectivity index (χ1v) is 11.0. The van der Waals surface area contributed by atoms with Crippen LogP contribution in [0.5, 0.6) is 0 Å². The summed E-state index contributed by atoms with van der Waals surface area (Å²) < 4.78 is 5.99. The number of nitrogens with one attached hydrogen (secondary N) is 1. The van der Waals surface area contributed by atoms with E-state index in [0.29, 0.717) is 18.0 Å². The maximum Gasteiger partial charge on any atom is 0.224 e. The van der Waals surface area contributed by atoms with Crippen molar-refractivity contribution in [2.75, 3.05) is 26.2 Å². The summed E-state index contributed by atoms with van der Waals surface area (Å²) in [4.78, 5) is 17.6. The number of carbonyl (C=O) groups is 1. The van der Waals surface area contributed by atoms with E-state index in [1.807, 2.05) is 12.1 Å². The number of para-hydroxylation sites is 1. The summed E-state index contributed by atoms with van der Waals surface area (Å²) in [5.74, 6) is 1.56. The average Bonchev–Trinajstić information content (AvgIpc) is 3.45. The summed E-state index contributed by atoms with van der Waals surface area (Å²) in [5, 5.41) is 4.40. The molecule has 5 rings (SSSR count). The van der Waals surface area contributed by atoms with Gasteiger partial charge in [0.15, 0.2) is 0 Å². The largest absolute Gasteiger partial charge is 0.460 e. The molecule has 2 saturated heterocycles. The number of nitrogens with zero attached hydrogens (tertiary/aromatic N) is 2. The molecule has 0 spiro atoms. The van der Waals surface area contributed by atoms with Crippen molar-refractivity contribution in [2.45, 2.75) is 57.2 Å². The first kappa shape index (κ1) is 18.2. The predicted octanol–water partition coefficient (Wildman–Crippen LogP) is 3.39. The van der Waals surface area contributed by atoms with Crippen LogP contribution in [0.3, 0.4) is 0 Å². The highest BCUT2D eigenvalue weighted by Crippen LogP contribution is 2.27. The summed E-state index contributed by atoms with van der Waals surface area (Å²) in [6.07, 6.45) is 6.94. The van der Waals surface area contributed by atoms with E-state index in [4.69, 9.17) is 4.42 Å². The predicted molar refractivity (Wildman–Crippen MR) is 110 cm³/mol. The molecule has 1 aromatic carbocycles. The Balaban J connectivity index is 1.12. The summed E-state index contributed by atoms with van der Waals surface area (Å²) in [7, 11) is 0. The summed E-state index contributed by atoms with van der Waals surface area (Å²) >= 11 is 0. The molecule has 2 aliphatic heterocycles. The van der Waals surface area contributed by atoms with Crippen LogP contribution in [0.15, 0.2) is 34.7 Å². The molecule has 150 valence electrons. The van der Waals surface area contributed by atoms with Crippen molar-refractivity contribution in [3.8, 4) is 0 Å². The Kier molecular flexibility index (Phi) is 5.12. The normalized spacial score (nSPS) is 25.2. The van der Waals surface area contributed by atoms with Gasteiger partial charge in [-0.25, -0.2) is 0 Å². The van der Waals surface area contributed by atoms with Gasteiger partial charge in [-0.15, -0.1) is 0 Å². The van der Waals surface area contributed by atoms with Crippen LogP contribution in [0.4, 0.5) is 0 Å². The van der Waals surface area contributed by atoms with Gasteiger partial charge in [0.1, 0.15) is 11.3 Å². The molecule has 0 unspecified atom stereocenters. The van der Waals surface area contributed by atoms with Gasteiger partial charge in [0.2, 0.25) is 5.91 Å². The van der Waals surface area contributed by atoms with Gasteiger partial charge in [0.25, 0.3) is 0 Å². The lowest BCUT2D eigenvalue weighted by Crippen LogP contribution is -2.50. The zero-order chi connectivity index (χ0) is 18.9. The minimum atomic E-state index is 0.197. The lowest BCUT2D eigenvalue weighted by Gasteiger charge is -2.41. The average molecular weight is 382 g/mol. The summed E-state index contributed by atoms with van der Waals surface area (Å²) in [6, 6.07) is 11.5. The minimum absolute atomic E-state index is 0.197. The highest BCUT2D eigenvalue weighted by molar-refractivity contribution is 5.79. The van der Waals surface area contributed by atoms with Crippen molar-refractivity contribution < 1.29 is 9.21 Å². The number of hydrogen-bond donors (Lipinski definition) is 1. The lowest BCUT2D eigenvalue weighted by molar-refractivity contribution is -0.127. The smallest absolute Gasteiger partial charge is 0.224 e. The molecular formula is C23H31N3O2. The van der Waals surface area contributed by atoms with Crippen LogP contribution in [-0.4, -0.2) is 54.0 Å². The number of fused-ring (bicyclic) bond motifs is 1. The maximum atomic E-state index is 12.4. The highest BCUT2D eigenvalue weighted by atomic mass is 16.3. The van der Waals surface area contributed by atoms with E-state index in [1.54, 1.807) is 0 Å². The molecule has 1 aromatic heterocycles. The van der Waals surface area contributed by atoms with Crippen molar-refractivity contribution in [3.05, 3.63) is 36.1 Å². The van der Waals surface area contributed by atoms with Gasteiger partial charge in [-0.3, -0.25) is 14.6 Å². The second-order valence-corrected chi connectivity index (χ2v) is 8.87. The van der Waals surface area contributed by atoms with Crippen molar-refractivity contribution in [3.63, 3.8) is 0 Å². The quantitative estimate of drug-likeness (QED) is 0.863. The maximum absolute atomic E-state index is 12.4. The number of likely N-dealkylation sites (tertiary alicyclic amines) is 2. The van der Waals surface area contributed by atoms with Crippen molar-refractivity contribution in [2.24, 2.45) is 5.92 Å². The molecule has 1 aliphatic carbocycles. The highest BCUT2D eigenvalue weighted by Gasteiger charge is 2.33. The number of rotatable bonds is 5. The van der Waals surface area contributed by atoms with E-state index in [0.717, 1.165) is 56.9 Å². The van der Waals surface area contributed by atoms with Crippen LogP contribution in [0.2, 0.25) is 0 Å². The molecule has 1 saturated carbocycles. The third-order valence-electron chi connectivity index (χ3n) is 6.68.